The number of nitrogens with one attached hydrogen (secondary N) is 1. The smallest absolute Gasteiger partial charge is 0.0572 e. The Kier molecular flexibility index (Phi) is 2.48. The molecule has 0 aliphatic carbocycles. The molecule has 1 aromatic heterocycles. The molecule has 0 aliphatic heterocycles. The molecule has 0 saturated heterocycles. The van der Waals surface area contributed by atoms with E-state index in [1.54, 1.807) is 7.11 Å². The number of hydroxylamine groups is 1. The molecule has 1 N–H and O–H groups in total. The van der Waals surface area contributed by atoms with Crippen molar-refractivity contribution >= 4 is 0 Å². The predicted molar refractivity (Wildman–Crippen MR) is 39.3 cm³/mol. The molecule has 0 spiro atoms. The molecule has 0 amide bonds. The second-order valence-corrected chi connectivity index (χ2v) is 2.21. The van der Waals surface area contributed by atoms with Crippen LogP contribution in [0.5, 0.6) is 0 Å². The van der Waals surface area contributed by atoms with E-state index in [2.05, 4.69) is 5.48 Å². The van der Waals surface area contributed by atoms with Gasteiger partial charge in [0.25, 0.3) is 0 Å². The Morgan fingerprint density at radius 1 is 1.70 bits per heavy atom. The maximum Gasteiger partial charge on any atom is 0.0572 e. The van der Waals surface area contributed by atoms with E-state index in [0.29, 0.717) is 0 Å². The molecule has 3 heteroatoms. The zero-order valence-electron chi connectivity index (χ0n) is 6.29. The average Bonchev–Trinajstić information content (AvgIpc) is 2.31. The van der Waals surface area contributed by atoms with Crippen LogP contribution in [0.3, 0.4) is 0 Å². The highest BCUT2D eigenvalue weighted by atomic mass is 16.6. The number of aryl methyl sites for hydroxylation is 1. The van der Waals surface area contributed by atoms with E-state index in [9.17, 15) is 0 Å². The second kappa shape index (κ2) is 3.39. The van der Waals surface area contributed by atoms with E-state index in [4.69, 9.17) is 4.84 Å². The molecule has 0 atom stereocenters. The van der Waals surface area contributed by atoms with E-state index in [-0.39, 0.29) is 0 Å². The molecule has 1 aromatic rings. The predicted octanol–water partition coefficient (Wildman–Crippen LogP) is 0.676. The first-order chi connectivity index (χ1) is 4.83. The van der Waals surface area contributed by atoms with Crippen LogP contribution in [0.25, 0.3) is 0 Å². The third kappa shape index (κ3) is 1.86. The van der Waals surface area contributed by atoms with Gasteiger partial charge in [-0.15, -0.1) is 0 Å². The molecule has 1 heterocycles. The highest BCUT2D eigenvalue weighted by Crippen LogP contribution is 1.97. The number of hydrogen-bond acceptors (Lipinski definition) is 2. The molecule has 10 heavy (non-hydrogen) atoms. The Morgan fingerprint density at radius 3 is 3.00 bits per heavy atom. The maximum atomic E-state index is 4.70. The number of aromatic nitrogens is 1. The zero-order valence-corrected chi connectivity index (χ0v) is 6.29. The van der Waals surface area contributed by atoms with E-state index in [0.717, 1.165) is 6.54 Å². The fourth-order valence-electron chi connectivity index (χ4n) is 0.821. The molecular weight excluding hydrogens is 128 g/mol. The highest BCUT2D eigenvalue weighted by Gasteiger charge is 1.91. The fraction of sp³-hybridized carbons (Fsp3) is 0.429. The van der Waals surface area contributed by atoms with Crippen molar-refractivity contribution in [2.75, 3.05) is 7.11 Å². The molecular formula is C7H12N2O. The molecule has 56 valence electrons. The van der Waals surface area contributed by atoms with Crippen molar-refractivity contribution in [3.8, 4) is 0 Å². The van der Waals surface area contributed by atoms with Crippen LogP contribution in [0.1, 0.15) is 5.56 Å². The lowest BCUT2D eigenvalue weighted by molar-refractivity contribution is 0.0867. The monoisotopic (exact) mass is 140 g/mol. The fourth-order valence-corrected chi connectivity index (χ4v) is 0.821. The Labute approximate surface area is 60.6 Å². The van der Waals surface area contributed by atoms with Crippen molar-refractivity contribution in [3.05, 3.63) is 24.0 Å². The van der Waals surface area contributed by atoms with Crippen molar-refractivity contribution in [2.45, 2.75) is 6.54 Å². The standard InChI is InChI=1S/C7H12N2O/c1-9-4-3-7(6-9)5-8-10-2/h3-4,6,8H,5H2,1-2H3. The summed E-state index contributed by atoms with van der Waals surface area (Å²) in [5.74, 6) is 0. The van der Waals surface area contributed by atoms with Gasteiger partial charge < -0.3 is 9.40 Å². The summed E-state index contributed by atoms with van der Waals surface area (Å²) in [7, 11) is 3.61. The summed E-state index contributed by atoms with van der Waals surface area (Å²) in [6, 6.07) is 2.05. The van der Waals surface area contributed by atoms with Crippen molar-refractivity contribution in [3.63, 3.8) is 0 Å². The van der Waals surface area contributed by atoms with Crippen LogP contribution in [-0.4, -0.2) is 11.7 Å². The molecule has 0 radical (unpaired) electrons. The van der Waals surface area contributed by atoms with Gasteiger partial charge in [0.1, 0.15) is 0 Å². The van der Waals surface area contributed by atoms with Crippen LogP contribution >= 0.6 is 0 Å². The highest BCUT2D eigenvalue weighted by molar-refractivity contribution is 5.08. The van der Waals surface area contributed by atoms with Crippen LogP contribution in [0.15, 0.2) is 18.5 Å². The Hall–Kier alpha value is -0.800. The lowest BCUT2D eigenvalue weighted by atomic mass is 10.3. The van der Waals surface area contributed by atoms with Crippen LogP contribution < -0.4 is 5.48 Å². The van der Waals surface area contributed by atoms with Gasteiger partial charge in [0.2, 0.25) is 0 Å². The summed E-state index contributed by atoms with van der Waals surface area (Å²) in [5.41, 5.74) is 3.99. The Morgan fingerprint density at radius 2 is 2.50 bits per heavy atom. The van der Waals surface area contributed by atoms with E-state index >= 15 is 0 Å². The summed E-state index contributed by atoms with van der Waals surface area (Å²) in [5, 5.41) is 0. The third-order valence-electron chi connectivity index (χ3n) is 1.31. The minimum Gasteiger partial charge on any atom is -0.357 e. The maximum absolute atomic E-state index is 4.70. The summed E-state index contributed by atoms with van der Waals surface area (Å²) < 4.78 is 2.01. The quantitative estimate of drug-likeness (QED) is 0.625. The van der Waals surface area contributed by atoms with E-state index in [1.165, 1.54) is 5.56 Å². The van der Waals surface area contributed by atoms with Gasteiger partial charge in [0.05, 0.1) is 7.11 Å². The van der Waals surface area contributed by atoms with Gasteiger partial charge in [-0.25, -0.2) is 0 Å². The Bertz CT molecular complexity index is 195. The molecule has 0 saturated carbocycles. The van der Waals surface area contributed by atoms with Crippen LogP contribution in [-0.2, 0) is 18.4 Å². The molecule has 0 unspecified atom stereocenters. The summed E-state index contributed by atoms with van der Waals surface area (Å²) in [6.07, 6.45) is 4.05. The number of nitrogens with zero attached hydrogens (tertiary/aromatic N) is 1. The molecule has 0 bridgehead atoms. The first kappa shape index (κ1) is 7.31. The molecule has 1 rings (SSSR count). The normalized spacial score (nSPS) is 10.2. The van der Waals surface area contributed by atoms with Crippen LogP contribution in [0.4, 0.5) is 0 Å². The SMILES string of the molecule is CONCc1ccn(C)c1. The topological polar surface area (TPSA) is 26.2 Å². The van der Waals surface area contributed by atoms with Gasteiger partial charge in [0.15, 0.2) is 0 Å². The van der Waals surface area contributed by atoms with Gasteiger partial charge in [-0.05, 0) is 11.6 Å². The minimum atomic E-state index is 0.761. The van der Waals surface area contributed by atoms with E-state index < -0.39 is 0 Å². The zero-order chi connectivity index (χ0) is 7.40. The average molecular weight is 140 g/mol. The van der Waals surface area contributed by atoms with Crippen LogP contribution in [0.2, 0.25) is 0 Å². The summed E-state index contributed by atoms with van der Waals surface area (Å²) in [6.45, 7) is 0.761. The van der Waals surface area contributed by atoms with Crippen molar-refractivity contribution in [1.82, 2.24) is 10.0 Å². The summed E-state index contributed by atoms with van der Waals surface area (Å²) >= 11 is 0. The third-order valence-corrected chi connectivity index (χ3v) is 1.31. The minimum absolute atomic E-state index is 0.761. The Balaban J connectivity index is 2.42. The van der Waals surface area contributed by atoms with E-state index in [1.807, 2.05) is 30.1 Å². The first-order valence-electron chi connectivity index (χ1n) is 3.19. The van der Waals surface area contributed by atoms with Gasteiger partial charge in [-0.1, -0.05) is 0 Å². The van der Waals surface area contributed by atoms with Crippen molar-refractivity contribution < 1.29 is 4.84 Å². The molecule has 0 fully saturated rings. The molecule has 0 aromatic carbocycles. The largest absolute Gasteiger partial charge is 0.357 e. The van der Waals surface area contributed by atoms with Gasteiger partial charge in [-0.2, -0.15) is 5.48 Å². The lowest BCUT2D eigenvalue weighted by Gasteiger charge is -1.96. The summed E-state index contributed by atoms with van der Waals surface area (Å²) in [4.78, 5) is 4.70. The van der Waals surface area contributed by atoms with Crippen molar-refractivity contribution in [2.24, 2.45) is 7.05 Å². The van der Waals surface area contributed by atoms with Crippen molar-refractivity contribution in [1.29, 1.82) is 0 Å². The molecule has 0 aliphatic rings. The number of hydrogen-bond donors (Lipinski definition) is 1. The number of rotatable bonds is 3. The van der Waals surface area contributed by atoms with Gasteiger partial charge in [0, 0.05) is 26.0 Å². The molecule has 3 nitrogen and oxygen atoms in total. The van der Waals surface area contributed by atoms with Gasteiger partial charge in [-0.3, -0.25) is 0 Å². The van der Waals surface area contributed by atoms with Crippen LogP contribution in [0, 0.1) is 0 Å². The lowest BCUT2D eigenvalue weighted by Crippen LogP contribution is -2.09. The first-order valence-corrected chi connectivity index (χ1v) is 3.19. The van der Waals surface area contributed by atoms with Gasteiger partial charge >= 0.3 is 0 Å². The second-order valence-electron chi connectivity index (χ2n) is 2.21.